The number of aromatic nitrogens is 2. The van der Waals surface area contributed by atoms with Crippen LogP contribution in [0.15, 0.2) is 18.2 Å². The zero-order chi connectivity index (χ0) is 10.1. The number of benzene rings is 1. The highest BCUT2D eigenvalue weighted by atomic mass is 35.5. The van der Waals surface area contributed by atoms with Crippen LogP contribution in [0.2, 0.25) is 5.02 Å². The molecule has 74 valence electrons. The summed E-state index contributed by atoms with van der Waals surface area (Å²) in [5, 5.41) is 0.675. The molecule has 0 bridgehead atoms. The first-order valence-corrected chi connectivity index (χ1v) is 4.94. The van der Waals surface area contributed by atoms with E-state index in [2.05, 4.69) is 9.97 Å². The number of H-pyrrole nitrogens is 1. The number of fused-ring (bicyclic) bond motifs is 1. The number of nitrogens with two attached hydrogens (primary N) is 1. The van der Waals surface area contributed by atoms with E-state index in [4.69, 9.17) is 17.3 Å². The largest absolute Gasteiger partial charge is 0.342 e. The minimum atomic E-state index is 0.235. The number of aromatic amines is 1. The fraction of sp³-hybridized carbons (Fsp3) is 0.300. The lowest BCUT2D eigenvalue weighted by Crippen LogP contribution is -2.10. The third-order valence-electron chi connectivity index (χ3n) is 2.30. The maximum atomic E-state index is 6.00. The van der Waals surface area contributed by atoms with Crippen LogP contribution in [-0.2, 0) is 0 Å². The Bertz CT molecular complexity index is 450. The Kier molecular flexibility index (Phi) is 2.44. The van der Waals surface area contributed by atoms with Gasteiger partial charge in [-0.3, -0.25) is 0 Å². The third-order valence-corrected chi connectivity index (χ3v) is 2.61. The Morgan fingerprint density at radius 3 is 3.00 bits per heavy atom. The Morgan fingerprint density at radius 2 is 2.36 bits per heavy atom. The van der Waals surface area contributed by atoms with Gasteiger partial charge >= 0.3 is 0 Å². The molecule has 0 fully saturated rings. The van der Waals surface area contributed by atoms with E-state index < -0.39 is 0 Å². The van der Waals surface area contributed by atoms with Crippen molar-refractivity contribution in [2.45, 2.75) is 12.8 Å². The molecule has 14 heavy (non-hydrogen) atoms. The number of nitrogens with zero attached hydrogens (tertiary/aromatic N) is 1. The van der Waals surface area contributed by atoms with Gasteiger partial charge in [-0.1, -0.05) is 24.6 Å². The SMILES string of the molecule is CC(CN)c1nc2c(Cl)cccc2[nH]1. The van der Waals surface area contributed by atoms with Gasteiger partial charge < -0.3 is 10.7 Å². The molecule has 0 radical (unpaired) electrons. The molecule has 0 amide bonds. The molecular weight excluding hydrogens is 198 g/mol. The normalized spacial score (nSPS) is 13.4. The molecule has 3 nitrogen and oxygen atoms in total. The summed E-state index contributed by atoms with van der Waals surface area (Å²) in [5.74, 6) is 1.13. The van der Waals surface area contributed by atoms with Crippen LogP contribution in [0.25, 0.3) is 11.0 Å². The van der Waals surface area contributed by atoms with Crippen LogP contribution in [0.4, 0.5) is 0 Å². The summed E-state index contributed by atoms with van der Waals surface area (Å²) in [6.07, 6.45) is 0. The van der Waals surface area contributed by atoms with E-state index in [9.17, 15) is 0 Å². The predicted octanol–water partition coefficient (Wildman–Crippen LogP) is 2.28. The summed E-state index contributed by atoms with van der Waals surface area (Å²) in [6, 6.07) is 5.70. The van der Waals surface area contributed by atoms with Gasteiger partial charge in [0.15, 0.2) is 0 Å². The van der Waals surface area contributed by atoms with Gasteiger partial charge in [0, 0.05) is 12.5 Å². The molecule has 1 unspecified atom stereocenters. The maximum absolute atomic E-state index is 6.00. The van der Waals surface area contributed by atoms with Gasteiger partial charge in [-0.25, -0.2) is 4.98 Å². The van der Waals surface area contributed by atoms with Crippen molar-refractivity contribution in [1.82, 2.24) is 9.97 Å². The van der Waals surface area contributed by atoms with Gasteiger partial charge in [0.05, 0.1) is 10.5 Å². The topological polar surface area (TPSA) is 54.7 Å². The molecule has 2 rings (SSSR count). The molecule has 1 atom stereocenters. The first-order chi connectivity index (χ1) is 6.72. The van der Waals surface area contributed by atoms with Gasteiger partial charge in [0.1, 0.15) is 11.3 Å². The fourth-order valence-corrected chi connectivity index (χ4v) is 1.58. The predicted molar refractivity (Wildman–Crippen MR) is 58.6 cm³/mol. The summed E-state index contributed by atoms with van der Waals surface area (Å²) >= 11 is 6.00. The standard InChI is InChI=1S/C10H12ClN3/c1-6(5-12)10-13-8-4-2-3-7(11)9(8)14-10/h2-4,6H,5,12H2,1H3,(H,13,14). The molecule has 4 heteroatoms. The maximum Gasteiger partial charge on any atom is 0.111 e. The number of imidazole rings is 1. The number of nitrogens with one attached hydrogen (secondary N) is 1. The van der Waals surface area contributed by atoms with Crippen LogP contribution in [-0.4, -0.2) is 16.5 Å². The van der Waals surface area contributed by atoms with Gasteiger partial charge in [0.2, 0.25) is 0 Å². The van der Waals surface area contributed by atoms with Crippen LogP contribution in [0.1, 0.15) is 18.7 Å². The van der Waals surface area contributed by atoms with Gasteiger partial charge in [-0.2, -0.15) is 0 Å². The summed E-state index contributed by atoms with van der Waals surface area (Å²) in [6.45, 7) is 2.61. The zero-order valence-electron chi connectivity index (χ0n) is 7.92. The van der Waals surface area contributed by atoms with Crippen molar-refractivity contribution in [3.05, 3.63) is 29.0 Å². The lowest BCUT2D eigenvalue weighted by atomic mass is 10.2. The van der Waals surface area contributed by atoms with Crippen molar-refractivity contribution in [3.8, 4) is 0 Å². The van der Waals surface area contributed by atoms with Crippen molar-refractivity contribution in [1.29, 1.82) is 0 Å². The number of hydrogen-bond acceptors (Lipinski definition) is 2. The van der Waals surface area contributed by atoms with E-state index in [0.29, 0.717) is 11.6 Å². The van der Waals surface area contributed by atoms with E-state index in [0.717, 1.165) is 16.9 Å². The average Bonchev–Trinajstić information content (AvgIpc) is 2.62. The first kappa shape index (κ1) is 9.49. The zero-order valence-corrected chi connectivity index (χ0v) is 8.67. The molecule has 0 spiro atoms. The van der Waals surface area contributed by atoms with Crippen molar-refractivity contribution >= 4 is 22.6 Å². The summed E-state index contributed by atoms with van der Waals surface area (Å²) in [5.41, 5.74) is 7.36. The number of para-hydroxylation sites is 1. The molecule has 1 heterocycles. The van der Waals surface area contributed by atoms with Crippen LogP contribution in [0.5, 0.6) is 0 Å². The second-order valence-corrected chi connectivity index (χ2v) is 3.80. The van der Waals surface area contributed by atoms with Crippen molar-refractivity contribution < 1.29 is 0 Å². The third kappa shape index (κ3) is 1.49. The highest BCUT2D eigenvalue weighted by Crippen LogP contribution is 2.23. The Labute approximate surface area is 87.3 Å². The van der Waals surface area contributed by atoms with E-state index in [1.165, 1.54) is 0 Å². The van der Waals surface area contributed by atoms with Crippen molar-refractivity contribution in [2.24, 2.45) is 5.73 Å². The molecule has 0 aliphatic rings. The summed E-state index contributed by atoms with van der Waals surface area (Å²) in [4.78, 5) is 7.63. The molecule has 3 N–H and O–H groups in total. The number of halogens is 1. The summed E-state index contributed by atoms with van der Waals surface area (Å²) < 4.78 is 0. The fourth-order valence-electron chi connectivity index (χ4n) is 1.36. The monoisotopic (exact) mass is 209 g/mol. The number of hydrogen-bond donors (Lipinski definition) is 2. The molecule has 2 aromatic rings. The highest BCUT2D eigenvalue weighted by molar-refractivity contribution is 6.34. The van der Waals surface area contributed by atoms with Crippen molar-refractivity contribution in [2.75, 3.05) is 6.54 Å². The number of rotatable bonds is 2. The van der Waals surface area contributed by atoms with Crippen molar-refractivity contribution in [3.63, 3.8) is 0 Å². The molecule has 1 aromatic carbocycles. The van der Waals surface area contributed by atoms with E-state index in [1.807, 2.05) is 25.1 Å². The Morgan fingerprint density at radius 1 is 1.57 bits per heavy atom. The van der Waals surface area contributed by atoms with Gasteiger partial charge in [0.25, 0.3) is 0 Å². The molecular formula is C10H12ClN3. The Balaban J connectivity index is 2.56. The Hall–Kier alpha value is -1.06. The molecule has 0 saturated carbocycles. The van der Waals surface area contributed by atoms with Gasteiger partial charge in [-0.05, 0) is 12.1 Å². The quantitative estimate of drug-likeness (QED) is 0.798. The van der Waals surface area contributed by atoms with Crippen LogP contribution in [0.3, 0.4) is 0 Å². The molecule has 1 aromatic heterocycles. The lowest BCUT2D eigenvalue weighted by molar-refractivity contribution is 0.728. The minimum absolute atomic E-state index is 0.235. The van der Waals surface area contributed by atoms with E-state index in [-0.39, 0.29) is 5.92 Å². The first-order valence-electron chi connectivity index (χ1n) is 4.56. The molecule has 0 saturated heterocycles. The van der Waals surface area contributed by atoms with Crippen LogP contribution >= 0.6 is 11.6 Å². The van der Waals surface area contributed by atoms with E-state index in [1.54, 1.807) is 0 Å². The molecule has 0 aliphatic heterocycles. The molecule has 0 aliphatic carbocycles. The second-order valence-electron chi connectivity index (χ2n) is 3.39. The van der Waals surface area contributed by atoms with Crippen LogP contribution in [0, 0.1) is 0 Å². The average molecular weight is 210 g/mol. The van der Waals surface area contributed by atoms with E-state index >= 15 is 0 Å². The highest BCUT2D eigenvalue weighted by Gasteiger charge is 2.10. The van der Waals surface area contributed by atoms with Gasteiger partial charge in [-0.15, -0.1) is 0 Å². The summed E-state index contributed by atoms with van der Waals surface area (Å²) in [7, 11) is 0. The minimum Gasteiger partial charge on any atom is -0.342 e. The lowest BCUT2D eigenvalue weighted by Gasteiger charge is -2.01. The second kappa shape index (κ2) is 3.59. The van der Waals surface area contributed by atoms with Crippen LogP contribution < -0.4 is 5.73 Å². The smallest absolute Gasteiger partial charge is 0.111 e.